The van der Waals surface area contributed by atoms with Crippen LogP contribution < -0.4 is 4.74 Å². The summed E-state index contributed by atoms with van der Waals surface area (Å²) in [5.41, 5.74) is 2.00. The molecule has 3 rings (SSSR count). The van der Waals surface area contributed by atoms with Gasteiger partial charge in [0.05, 0.1) is 12.2 Å². The van der Waals surface area contributed by atoms with Gasteiger partial charge < -0.3 is 9.64 Å². The van der Waals surface area contributed by atoms with Gasteiger partial charge in [-0.3, -0.25) is 9.48 Å². The molecule has 0 saturated heterocycles. The fourth-order valence-corrected chi connectivity index (χ4v) is 3.05. The van der Waals surface area contributed by atoms with Crippen molar-refractivity contribution in [3.05, 3.63) is 46.2 Å². The minimum absolute atomic E-state index is 0.00343. The third kappa shape index (κ3) is 3.16. The second-order valence-corrected chi connectivity index (χ2v) is 6.51. The number of ether oxygens (including phenoxy) is 1. The van der Waals surface area contributed by atoms with Crippen molar-refractivity contribution >= 4 is 21.8 Å². The molecule has 1 amide bonds. The standard InChI is InChI=1S/C16H18BrN3O2/c1-11-5-6-19(18-11)8-12(2)20-9-13-7-14(17)3-4-15(13)22-10-16(20)21/h3-7,12H,8-10H2,1-2H3. The number of benzene rings is 1. The lowest BCUT2D eigenvalue weighted by Gasteiger charge is -2.27. The molecule has 2 aromatic rings. The molecular formula is C16H18BrN3O2. The Morgan fingerprint density at radius 3 is 2.95 bits per heavy atom. The average molecular weight is 364 g/mol. The lowest BCUT2D eigenvalue weighted by atomic mass is 10.1. The zero-order valence-electron chi connectivity index (χ0n) is 12.6. The van der Waals surface area contributed by atoms with Crippen LogP contribution in [0.3, 0.4) is 0 Å². The smallest absolute Gasteiger partial charge is 0.261 e. The van der Waals surface area contributed by atoms with E-state index in [-0.39, 0.29) is 18.6 Å². The first-order chi connectivity index (χ1) is 10.5. The molecule has 116 valence electrons. The highest BCUT2D eigenvalue weighted by molar-refractivity contribution is 9.10. The van der Waals surface area contributed by atoms with E-state index < -0.39 is 0 Å². The van der Waals surface area contributed by atoms with Gasteiger partial charge in [-0.05, 0) is 38.1 Å². The summed E-state index contributed by atoms with van der Waals surface area (Å²) >= 11 is 3.47. The summed E-state index contributed by atoms with van der Waals surface area (Å²) < 4.78 is 8.48. The number of fused-ring (bicyclic) bond motifs is 1. The average Bonchev–Trinajstić information content (AvgIpc) is 2.80. The molecule has 0 radical (unpaired) electrons. The Balaban J connectivity index is 1.80. The molecule has 1 aliphatic heterocycles. The van der Waals surface area contributed by atoms with E-state index in [0.29, 0.717) is 13.1 Å². The first-order valence-corrected chi connectivity index (χ1v) is 8.03. The largest absolute Gasteiger partial charge is 0.483 e. The van der Waals surface area contributed by atoms with Gasteiger partial charge in [0.2, 0.25) is 0 Å². The van der Waals surface area contributed by atoms with E-state index in [9.17, 15) is 4.79 Å². The third-order valence-corrected chi connectivity index (χ3v) is 4.29. The Morgan fingerprint density at radius 1 is 1.41 bits per heavy atom. The Labute approximate surface area is 138 Å². The molecule has 1 aromatic carbocycles. The van der Waals surface area contributed by atoms with Crippen LogP contribution in [-0.4, -0.2) is 33.2 Å². The van der Waals surface area contributed by atoms with E-state index in [1.54, 1.807) is 0 Å². The van der Waals surface area contributed by atoms with Crippen LogP contribution in [0.2, 0.25) is 0 Å². The van der Waals surface area contributed by atoms with E-state index in [1.165, 1.54) is 0 Å². The number of hydrogen-bond donors (Lipinski definition) is 0. The van der Waals surface area contributed by atoms with Crippen LogP contribution in [0.25, 0.3) is 0 Å². The number of halogens is 1. The molecule has 6 heteroatoms. The minimum atomic E-state index is 0.00343. The maximum Gasteiger partial charge on any atom is 0.261 e. The lowest BCUT2D eigenvalue weighted by molar-refractivity contribution is -0.135. The number of carbonyl (C=O) groups excluding carboxylic acids is 1. The number of nitrogens with zero attached hydrogens (tertiary/aromatic N) is 3. The van der Waals surface area contributed by atoms with Gasteiger partial charge in [0, 0.05) is 28.8 Å². The van der Waals surface area contributed by atoms with Gasteiger partial charge in [0.15, 0.2) is 6.61 Å². The number of aryl methyl sites for hydroxylation is 1. The van der Waals surface area contributed by atoms with Crippen molar-refractivity contribution in [2.75, 3.05) is 6.61 Å². The lowest BCUT2D eigenvalue weighted by Crippen LogP contribution is -2.41. The molecule has 1 unspecified atom stereocenters. The van der Waals surface area contributed by atoms with Crippen LogP contribution >= 0.6 is 15.9 Å². The number of rotatable bonds is 3. The Bertz CT molecular complexity index is 698. The van der Waals surface area contributed by atoms with Crippen molar-refractivity contribution in [1.82, 2.24) is 14.7 Å². The SMILES string of the molecule is Cc1ccn(CC(C)N2Cc3cc(Br)ccc3OCC2=O)n1. The van der Waals surface area contributed by atoms with Crippen molar-refractivity contribution in [2.24, 2.45) is 0 Å². The maximum absolute atomic E-state index is 12.4. The van der Waals surface area contributed by atoms with E-state index in [0.717, 1.165) is 21.5 Å². The van der Waals surface area contributed by atoms with Crippen molar-refractivity contribution < 1.29 is 9.53 Å². The fraction of sp³-hybridized carbons (Fsp3) is 0.375. The van der Waals surface area contributed by atoms with Gasteiger partial charge >= 0.3 is 0 Å². The van der Waals surface area contributed by atoms with Gasteiger partial charge in [-0.2, -0.15) is 5.10 Å². The molecule has 0 fully saturated rings. The molecule has 1 aromatic heterocycles. The summed E-state index contributed by atoms with van der Waals surface area (Å²) in [6, 6.07) is 7.84. The molecule has 1 atom stereocenters. The highest BCUT2D eigenvalue weighted by Crippen LogP contribution is 2.27. The molecular weight excluding hydrogens is 346 g/mol. The van der Waals surface area contributed by atoms with Crippen LogP contribution in [0.1, 0.15) is 18.2 Å². The van der Waals surface area contributed by atoms with E-state index in [2.05, 4.69) is 21.0 Å². The molecule has 0 saturated carbocycles. The zero-order chi connectivity index (χ0) is 15.7. The van der Waals surface area contributed by atoms with Crippen LogP contribution in [0.4, 0.5) is 0 Å². The van der Waals surface area contributed by atoms with Gasteiger partial charge in [-0.1, -0.05) is 15.9 Å². The summed E-state index contributed by atoms with van der Waals surface area (Å²) in [5.74, 6) is 0.782. The third-order valence-electron chi connectivity index (χ3n) is 3.79. The second-order valence-electron chi connectivity index (χ2n) is 5.59. The topological polar surface area (TPSA) is 47.4 Å². The predicted molar refractivity (Wildman–Crippen MR) is 86.6 cm³/mol. The summed E-state index contributed by atoms with van der Waals surface area (Å²) in [5, 5.41) is 4.39. The van der Waals surface area contributed by atoms with E-state index in [4.69, 9.17) is 4.74 Å². The van der Waals surface area contributed by atoms with Crippen LogP contribution in [0, 0.1) is 6.92 Å². The van der Waals surface area contributed by atoms with Crippen molar-refractivity contribution in [1.29, 1.82) is 0 Å². The quantitative estimate of drug-likeness (QED) is 0.842. The van der Waals surface area contributed by atoms with Crippen molar-refractivity contribution in [2.45, 2.75) is 33.0 Å². The molecule has 2 heterocycles. The second kappa shape index (κ2) is 6.12. The van der Waals surface area contributed by atoms with Crippen LogP contribution in [-0.2, 0) is 17.9 Å². The zero-order valence-corrected chi connectivity index (χ0v) is 14.2. The Morgan fingerprint density at radius 2 is 2.23 bits per heavy atom. The van der Waals surface area contributed by atoms with Gasteiger partial charge in [-0.15, -0.1) is 0 Å². The molecule has 0 N–H and O–H groups in total. The normalized spacial score (nSPS) is 16.0. The van der Waals surface area contributed by atoms with E-state index >= 15 is 0 Å². The number of amides is 1. The molecule has 1 aliphatic rings. The first-order valence-electron chi connectivity index (χ1n) is 7.23. The Hall–Kier alpha value is -1.82. The van der Waals surface area contributed by atoms with Crippen LogP contribution in [0.15, 0.2) is 34.9 Å². The number of carbonyl (C=O) groups is 1. The minimum Gasteiger partial charge on any atom is -0.483 e. The monoisotopic (exact) mass is 363 g/mol. The van der Waals surface area contributed by atoms with E-state index in [1.807, 2.05) is 53.9 Å². The molecule has 0 aliphatic carbocycles. The fourth-order valence-electron chi connectivity index (χ4n) is 2.64. The highest BCUT2D eigenvalue weighted by atomic mass is 79.9. The van der Waals surface area contributed by atoms with Gasteiger partial charge in [-0.25, -0.2) is 0 Å². The summed E-state index contributed by atoms with van der Waals surface area (Å²) in [6.45, 7) is 5.30. The maximum atomic E-state index is 12.4. The van der Waals surface area contributed by atoms with Gasteiger partial charge in [0.1, 0.15) is 5.75 Å². The molecule has 0 spiro atoms. The highest BCUT2D eigenvalue weighted by Gasteiger charge is 2.26. The summed E-state index contributed by atoms with van der Waals surface area (Å²) in [4.78, 5) is 14.2. The van der Waals surface area contributed by atoms with Crippen molar-refractivity contribution in [3.63, 3.8) is 0 Å². The molecule has 22 heavy (non-hydrogen) atoms. The van der Waals surface area contributed by atoms with Gasteiger partial charge in [0.25, 0.3) is 5.91 Å². The first kappa shape index (κ1) is 15.1. The molecule has 5 nitrogen and oxygen atoms in total. The Kier molecular flexibility index (Phi) is 4.20. The number of aromatic nitrogens is 2. The predicted octanol–water partition coefficient (Wildman–Crippen LogP) is 2.76. The summed E-state index contributed by atoms with van der Waals surface area (Å²) in [6.07, 6.45) is 1.94. The van der Waals surface area contributed by atoms with Crippen LogP contribution in [0.5, 0.6) is 5.75 Å². The number of hydrogen-bond acceptors (Lipinski definition) is 3. The molecule has 0 bridgehead atoms. The van der Waals surface area contributed by atoms with Crippen molar-refractivity contribution in [3.8, 4) is 5.75 Å². The summed E-state index contributed by atoms with van der Waals surface area (Å²) in [7, 11) is 0.